The van der Waals surface area contributed by atoms with E-state index >= 15 is 0 Å². The van der Waals surface area contributed by atoms with Crippen molar-refractivity contribution in [3.63, 3.8) is 0 Å². The van der Waals surface area contributed by atoms with E-state index < -0.39 is 6.10 Å². The second-order valence-corrected chi connectivity index (χ2v) is 6.44. The van der Waals surface area contributed by atoms with Crippen LogP contribution >= 0.6 is 0 Å². The Bertz CT molecular complexity index is 749. The first-order chi connectivity index (χ1) is 12.1. The Morgan fingerprint density at radius 1 is 1.24 bits per heavy atom. The molecule has 1 fully saturated rings. The van der Waals surface area contributed by atoms with Gasteiger partial charge in [-0.15, -0.1) is 0 Å². The Morgan fingerprint density at radius 2 is 2.00 bits per heavy atom. The number of ether oxygens (including phenoxy) is 1. The number of hydrogen-bond acceptors (Lipinski definition) is 3. The summed E-state index contributed by atoms with van der Waals surface area (Å²) in [6.07, 6.45) is 0.0895. The third kappa shape index (κ3) is 4.24. The van der Waals surface area contributed by atoms with Crippen LogP contribution in [0.3, 0.4) is 0 Å². The Kier molecular flexibility index (Phi) is 5.46. The van der Waals surface area contributed by atoms with Crippen LogP contribution < -0.4 is 0 Å². The quantitative estimate of drug-likeness (QED) is 0.908. The van der Waals surface area contributed by atoms with Gasteiger partial charge in [0, 0.05) is 13.7 Å². The van der Waals surface area contributed by atoms with Gasteiger partial charge in [-0.2, -0.15) is 0 Å². The zero-order valence-electron chi connectivity index (χ0n) is 14.2. The molecule has 0 aliphatic carbocycles. The van der Waals surface area contributed by atoms with Gasteiger partial charge in [0.25, 0.3) is 0 Å². The minimum Gasteiger partial charge on any atom is -0.391 e. The maximum absolute atomic E-state index is 13.5. The van der Waals surface area contributed by atoms with Crippen molar-refractivity contribution in [1.82, 2.24) is 4.90 Å². The fourth-order valence-corrected chi connectivity index (χ4v) is 3.39. The second kappa shape index (κ2) is 7.76. The van der Waals surface area contributed by atoms with E-state index in [1.54, 1.807) is 24.1 Å². The van der Waals surface area contributed by atoms with E-state index in [9.17, 15) is 14.3 Å². The number of carbonyl (C=O) groups is 1. The molecule has 0 radical (unpaired) electrons. The molecule has 5 heteroatoms. The van der Waals surface area contributed by atoms with E-state index in [1.807, 2.05) is 24.3 Å². The van der Waals surface area contributed by atoms with Gasteiger partial charge >= 0.3 is 0 Å². The van der Waals surface area contributed by atoms with Gasteiger partial charge < -0.3 is 14.7 Å². The monoisotopic (exact) mass is 343 g/mol. The molecule has 0 bridgehead atoms. The van der Waals surface area contributed by atoms with Crippen LogP contribution in [0.25, 0.3) is 0 Å². The van der Waals surface area contributed by atoms with Gasteiger partial charge in [0.2, 0.25) is 5.91 Å². The van der Waals surface area contributed by atoms with Gasteiger partial charge in [-0.25, -0.2) is 4.39 Å². The summed E-state index contributed by atoms with van der Waals surface area (Å²) in [5.74, 6) is -0.404. The smallest absolute Gasteiger partial charge is 0.227 e. The largest absolute Gasteiger partial charge is 0.391 e. The molecule has 1 aliphatic heterocycles. The van der Waals surface area contributed by atoms with Crippen LogP contribution in [0.2, 0.25) is 0 Å². The van der Waals surface area contributed by atoms with Crippen molar-refractivity contribution in [2.45, 2.75) is 31.6 Å². The number of hydrogen-bond donors (Lipinski definition) is 1. The third-order valence-electron chi connectivity index (χ3n) is 4.49. The highest BCUT2D eigenvalue weighted by Gasteiger charge is 2.35. The van der Waals surface area contributed by atoms with Crippen molar-refractivity contribution in [1.29, 1.82) is 0 Å². The number of carbonyl (C=O) groups excluding carboxylic acids is 1. The topological polar surface area (TPSA) is 49.8 Å². The molecule has 0 aromatic heterocycles. The van der Waals surface area contributed by atoms with Gasteiger partial charge in [0.1, 0.15) is 5.82 Å². The molecule has 1 N–H and O–H groups in total. The highest BCUT2D eigenvalue weighted by molar-refractivity contribution is 5.79. The lowest BCUT2D eigenvalue weighted by atomic mass is 10.0. The Morgan fingerprint density at radius 3 is 2.76 bits per heavy atom. The van der Waals surface area contributed by atoms with Crippen LogP contribution in [-0.4, -0.2) is 35.7 Å². The molecule has 1 saturated heterocycles. The summed E-state index contributed by atoms with van der Waals surface area (Å²) in [7, 11) is 1.63. The number of aliphatic hydroxyl groups excluding tert-OH is 1. The van der Waals surface area contributed by atoms with E-state index in [0.717, 1.165) is 16.7 Å². The lowest BCUT2D eigenvalue weighted by Gasteiger charge is -2.25. The minimum absolute atomic E-state index is 0.0691. The number of aliphatic hydroxyl groups is 1. The predicted octanol–water partition coefficient (Wildman–Crippen LogP) is 2.85. The molecule has 1 aliphatic rings. The zero-order chi connectivity index (χ0) is 17.8. The molecule has 2 aromatic rings. The highest BCUT2D eigenvalue weighted by atomic mass is 19.1. The predicted molar refractivity (Wildman–Crippen MR) is 92.3 cm³/mol. The zero-order valence-corrected chi connectivity index (χ0v) is 14.2. The fourth-order valence-electron chi connectivity index (χ4n) is 3.39. The van der Waals surface area contributed by atoms with Gasteiger partial charge in [0.05, 0.1) is 25.2 Å². The van der Waals surface area contributed by atoms with E-state index in [1.165, 1.54) is 12.1 Å². The van der Waals surface area contributed by atoms with Gasteiger partial charge in [-0.3, -0.25) is 4.79 Å². The van der Waals surface area contributed by atoms with E-state index in [2.05, 4.69) is 0 Å². The molecule has 0 saturated carbocycles. The lowest BCUT2D eigenvalue weighted by Crippen LogP contribution is -2.33. The first-order valence-corrected chi connectivity index (χ1v) is 8.36. The summed E-state index contributed by atoms with van der Waals surface area (Å²) in [5.41, 5.74) is 2.63. The molecule has 3 rings (SSSR count). The van der Waals surface area contributed by atoms with Crippen LogP contribution in [0.4, 0.5) is 4.39 Å². The van der Waals surface area contributed by atoms with Crippen molar-refractivity contribution in [3.05, 3.63) is 71.0 Å². The molecule has 2 aromatic carbocycles. The van der Waals surface area contributed by atoms with Crippen molar-refractivity contribution in [2.24, 2.45) is 0 Å². The minimum atomic E-state index is -0.586. The van der Waals surface area contributed by atoms with Crippen LogP contribution in [0.15, 0.2) is 48.5 Å². The van der Waals surface area contributed by atoms with Crippen molar-refractivity contribution in [3.8, 4) is 0 Å². The maximum atomic E-state index is 13.5. The third-order valence-corrected chi connectivity index (χ3v) is 4.49. The van der Waals surface area contributed by atoms with Crippen molar-refractivity contribution >= 4 is 5.91 Å². The first kappa shape index (κ1) is 17.6. The fraction of sp³-hybridized carbons (Fsp3) is 0.350. The number of likely N-dealkylation sites (tertiary alicyclic amines) is 1. The van der Waals surface area contributed by atoms with Gasteiger partial charge in [0.15, 0.2) is 0 Å². The molecule has 25 heavy (non-hydrogen) atoms. The number of amides is 1. The van der Waals surface area contributed by atoms with E-state index in [0.29, 0.717) is 13.0 Å². The summed E-state index contributed by atoms with van der Waals surface area (Å²) >= 11 is 0. The summed E-state index contributed by atoms with van der Waals surface area (Å²) in [6, 6.07) is 13.7. The average Bonchev–Trinajstić information content (AvgIpc) is 2.98. The van der Waals surface area contributed by atoms with E-state index in [-0.39, 0.29) is 30.7 Å². The molecule has 2 atom stereocenters. The van der Waals surface area contributed by atoms with E-state index in [4.69, 9.17) is 4.74 Å². The second-order valence-electron chi connectivity index (χ2n) is 6.44. The first-order valence-electron chi connectivity index (χ1n) is 8.36. The molecule has 1 amide bonds. The molecule has 0 spiro atoms. The molecule has 1 heterocycles. The number of nitrogens with zero attached hydrogens (tertiary/aromatic N) is 1. The van der Waals surface area contributed by atoms with Crippen molar-refractivity contribution < 1.29 is 19.0 Å². The number of benzene rings is 2. The number of halogens is 1. The highest BCUT2D eigenvalue weighted by Crippen LogP contribution is 2.33. The molecule has 4 nitrogen and oxygen atoms in total. The summed E-state index contributed by atoms with van der Waals surface area (Å²) in [6.45, 7) is 0.772. The maximum Gasteiger partial charge on any atom is 0.227 e. The van der Waals surface area contributed by atoms with Gasteiger partial charge in [-0.05, 0) is 35.2 Å². The summed E-state index contributed by atoms with van der Waals surface area (Å²) in [5, 5.41) is 10.0. The van der Waals surface area contributed by atoms with Crippen LogP contribution in [0.5, 0.6) is 0 Å². The van der Waals surface area contributed by atoms with Crippen LogP contribution in [-0.2, 0) is 22.6 Å². The van der Waals surface area contributed by atoms with Crippen LogP contribution in [0.1, 0.15) is 29.2 Å². The van der Waals surface area contributed by atoms with Gasteiger partial charge in [-0.1, -0.05) is 36.4 Å². The SMILES string of the molecule is COCc1cccc(CC(=O)N2C[C@@H](O)C[C@@H]2c2cccc(F)c2)c1. The Hall–Kier alpha value is -2.24. The Labute approximate surface area is 146 Å². The molecule has 0 unspecified atom stereocenters. The molecular weight excluding hydrogens is 321 g/mol. The lowest BCUT2D eigenvalue weighted by molar-refractivity contribution is -0.131. The van der Waals surface area contributed by atoms with Crippen molar-refractivity contribution in [2.75, 3.05) is 13.7 Å². The Balaban J connectivity index is 1.76. The molecule has 132 valence electrons. The summed E-state index contributed by atoms with van der Waals surface area (Å²) < 4.78 is 18.7. The normalized spacial score (nSPS) is 20.0. The average molecular weight is 343 g/mol. The standard InChI is InChI=1S/C20H22FNO3/c1-25-13-15-5-2-4-14(8-15)9-20(24)22-12-18(23)11-19(22)16-6-3-7-17(21)10-16/h2-8,10,18-19,23H,9,11-13H2,1H3/t18-,19+/m0/s1. The number of methoxy groups -OCH3 is 1. The molecular formula is C20H22FNO3. The summed E-state index contributed by atoms with van der Waals surface area (Å²) in [4.78, 5) is 14.4. The number of rotatable bonds is 5. The number of β-amino-alcohol motifs (C(OH)–C–C–N with tert-alkyl or cyclic N) is 1. The van der Waals surface area contributed by atoms with Crippen LogP contribution in [0, 0.1) is 5.82 Å².